The van der Waals surface area contributed by atoms with E-state index >= 15 is 0 Å². The maximum absolute atomic E-state index is 4.53. The average Bonchev–Trinajstić information content (AvgIpc) is 3.47. The molecule has 0 aliphatic heterocycles. The Balaban J connectivity index is 1.61. The first-order chi connectivity index (χ1) is 13.8. The molecular formula is C22H22N6. The van der Waals surface area contributed by atoms with Crippen LogP contribution in [0.1, 0.15) is 41.9 Å². The lowest BCUT2D eigenvalue weighted by molar-refractivity contribution is 0.554. The lowest BCUT2D eigenvalue weighted by atomic mass is 9.92. The third-order valence-corrected chi connectivity index (χ3v) is 5.72. The zero-order valence-corrected chi connectivity index (χ0v) is 16.1. The van der Waals surface area contributed by atoms with Crippen LogP contribution in [0.4, 0.5) is 0 Å². The van der Waals surface area contributed by atoms with E-state index in [1.807, 2.05) is 18.3 Å². The maximum Gasteiger partial charge on any atom is 0.205 e. The first-order valence-corrected chi connectivity index (χ1v) is 9.74. The van der Waals surface area contributed by atoms with Crippen LogP contribution in [0, 0.1) is 6.92 Å². The zero-order valence-electron chi connectivity index (χ0n) is 16.1. The van der Waals surface area contributed by atoms with Crippen LogP contribution in [0.5, 0.6) is 0 Å². The molecule has 6 nitrogen and oxygen atoms in total. The summed E-state index contributed by atoms with van der Waals surface area (Å²) in [4.78, 5) is 4.53. The molecule has 0 bridgehead atoms. The number of aryl methyl sites for hydroxylation is 3. The number of hydrogen-bond donors (Lipinski definition) is 1. The number of nitrogens with zero attached hydrogens (tertiary/aromatic N) is 5. The van der Waals surface area contributed by atoms with Gasteiger partial charge in [-0.2, -0.15) is 5.21 Å². The molecular weight excluding hydrogens is 348 g/mol. The Morgan fingerprint density at radius 1 is 1.18 bits per heavy atom. The molecule has 140 valence electrons. The summed E-state index contributed by atoms with van der Waals surface area (Å²) in [5.74, 6) is 1.78. The highest BCUT2D eigenvalue weighted by atomic mass is 15.5. The van der Waals surface area contributed by atoms with Gasteiger partial charge in [0.05, 0.1) is 6.04 Å². The number of aromatic amines is 1. The number of aromatic nitrogens is 6. The SMILES string of the molecule is CCc1nccn1C1CCc2cc(-c3ccccc3-c3nn[nH]n3)cc(C)c21. The molecule has 0 saturated heterocycles. The Hall–Kier alpha value is -3.28. The van der Waals surface area contributed by atoms with E-state index in [2.05, 4.69) is 74.5 Å². The summed E-state index contributed by atoms with van der Waals surface area (Å²) in [6.07, 6.45) is 7.20. The lowest BCUT2D eigenvalue weighted by Gasteiger charge is -2.19. The van der Waals surface area contributed by atoms with Crippen LogP contribution < -0.4 is 0 Å². The van der Waals surface area contributed by atoms with Crippen molar-refractivity contribution >= 4 is 0 Å². The van der Waals surface area contributed by atoms with Crippen molar-refractivity contribution in [3.05, 3.63) is 71.3 Å². The molecule has 28 heavy (non-hydrogen) atoms. The van der Waals surface area contributed by atoms with Gasteiger partial charge in [-0.25, -0.2) is 4.98 Å². The monoisotopic (exact) mass is 370 g/mol. The summed E-state index contributed by atoms with van der Waals surface area (Å²) in [5, 5.41) is 14.6. The second kappa shape index (κ2) is 6.71. The van der Waals surface area contributed by atoms with Gasteiger partial charge in [0, 0.05) is 24.4 Å². The van der Waals surface area contributed by atoms with Crippen LogP contribution in [-0.2, 0) is 12.8 Å². The van der Waals surface area contributed by atoms with Gasteiger partial charge in [-0.15, -0.1) is 10.2 Å². The Morgan fingerprint density at radius 2 is 2.04 bits per heavy atom. The van der Waals surface area contributed by atoms with E-state index in [-0.39, 0.29) is 0 Å². The highest BCUT2D eigenvalue weighted by Crippen LogP contribution is 2.41. The summed E-state index contributed by atoms with van der Waals surface area (Å²) in [6.45, 7) is 4.39. The average molecular weight is 370 g/mol. The summed E-state index contributed by atoms with van der Waals surface area (Å²) in [7, 11) is 0. The fraction of sp³-hybridized carbons (Fsp3) is 0.273. The number of fused-ring (bicyclic) bond motifs is 1. The molecule has 0 spiro atoms. The van der Waals surface area contributed by atoms with Gasteiger partial charge in [0.25, 0.3) is 0 Å². The van der Waals surface area contributed by atoms with Crippen molar-refractivity contribution in [3.8, 4) is 22.5 Å². The molecule has 6 heteroatoms. The highest BCUT2D eigenvalue weighted by Gasteiger charge is 2.28. The predicted molar refractivity (Wildman–Crippen MR) is 108 cm³/mol. The topological polar surface area (TPSA) is 72.3 Å². The summed E-state index contributed by atoms with van der Waals surface area (Å²) in [6, 6.07) is 13.3. The highest BCUT2D eigenvalue weighted by molar-refractivity contribution is 5.81. The van der Waals surface area contributed by atoms with Gasteiger partial charge in [-0.05, 0) is 52.8 Å². The van der Waals surface area contributed by atoms with Crippen molar-refractivity contribution in [2.45, 2.75) is 39.2 Å². The van der Waals surface area contributed by atoms with Crippen molar-refractivity contribution in [1.29, 1.82) is 0 Å². The van der Waals surface area contributed by atoms with E-state index in [0.717, 1.165) is 36.2 Å². The maximum atomic E-state index is 4.53. The Kier molecular flexibility index (Phi) is 4.04. The summed E-state index contributed by atoms with van der Waals surface area (Å²) in [5.41, 5.74) is 7.54. The van der Waals surface area contributed by atoms with Gasteiger partial charge in [0.1, 0.15) is 5.82 Å². The molecule has 4 aromatic rings. The summed E-state index contributed by atoms with van der Waals surface area (Å²) >= 11 is 0. The third-order valence-electron chi connectivity index (χ3n) is 5.72. The van der Waals surface area contributed by atoms with E-state index in [1.165, 1.54) is 22.3 Å². The molecule has 1 aliphatic rings. The summed E-state index contributed by atoms with van der Waals surface area (Å²) < 4.78 is 2.35. The number of nitrogens with one attached hydrogen (secondary N) is 1. The molecule has 1 atom stereocenters. The Morgan fingerprint density at radius 3 is 2.82 bits per heavy atom. The van der Waals surface area contributed by atoms with Gasteiger partial charge in [0.15, 0.2) is 0 Å². The number of benzene rings is 2. The van der Waals surface area contributed by atoms with E-state index < -0.39 is 0 Å². The van der Waals surface area contributed by atoms with Gasteiger partial charge >= 0.3 is 0 Å². The van der Waals surface area contributed by atoms with Gasteiger partial charge in [0.2, 0.25) is 5.82 Å². The van der Waals surface area contributed by atoms with Crippen LogP contribution in [0.2, 0.25) is 0 Å². The van der Waals surface area contributed by atoms with Crippen molar-refractivity contribution in [1.82, 2.24) is 30.2 Å². The van der Waals surface area contributed by atoms with Gasteiger partial charge < -0.3 is 4.57 Å². The second-order valence-corrected chi connectivity index (χ2v) is 7.31. The Labute approximate surface area is 163 Å². The molecule has 1 aliphatic carbocycles. The smallest absolute Gasteiger partial charge is 0.205 e. The molecule has 0 fully saturated rings. The molecule has 0 radical (unpaired) electrons. The number of tetrazole rings is 1. The van der Waals surface area contributed by atoms with Crippen molar-refractivity contribution in [3.63, 3.8) is 0 Å². The van der Waals surface area contributed by atoms with Crippen molar-refractivity contribution < 1.29 is 0 Å². The minimum absolute atomic E-state index is 0.383. The van der Waals surface area contributed by atoms with E-state index in [9.17, 15) is 0 Å². The van der Waals surface area contributed by atoms with Crippen LogP contribution in [0.25, 0.3) is 22.5 Å². The molecule has 1 unspecified atom stereocenters. The first-order valence-electron chi connectivity index (χ1n) is 9.74. The predicted octanol–water partition coefficient (Wildman–Crippen LogP) is 4.14. The molecule has 1 N–H and O–H groups in total. The van der Waals surface area contributed by atoms with E-state index in [4.69, 9.17) is 0 Å². The second-order valence-electron chi connectivity index (χ2n) is 7.31. The zero-order chi connectivity index (χ0) is 19.1. The standard InChI is InChI=1S/C22H22N6/c1-3-20-23-10-11-28(20)19-9-8-15-13-16(12-14(2)21(15)19)17-6-4-5-7-18(17)22-24-26-27-25-22/h4-7,10-13,19H,3,8-9H2,1-2H3,(H,24,25,26,27). The number of rotatable bonds is 4. The lowest BCUT2D eigenvalue weighted by Crippen LogP contribution is -2.11. The quantitative estimate of drug-likeness (QED) is 0.586. The third kappa shape index (κ3) is 2.64. The van der Waals surface area contributed by atoms with Crippen LogP contribution in [-0.4, -0.2) is 30.2 Å². The fourth-order valence-electron chi connectivity index (χ4n) is 4.53. The normalized spacial score (nSPS) is 15.7. The fourth-order valence-corrected chi connectivity index (χ4v) is 4.53. The Bertz CT molecular complexity index is 1130. The molecule has 2 aromatic heterocycles. The molecule has 5 rings (SSSR count). The van der Waals surface area contributed by atoms with E-state index in [1.54, 1.807) is 0 Å². The minimum atomic E-state index is 0.383. The van der Waals surface area contributed by atoms with Crippen molar-refractivity contribution in [2.24, 2.45) is 0 Å². The van der Waals surface area contributed by atoms with Crippen LogP contribution in [0.15, 0.2) is 48.8 Å². The molecule has 0 saturated carbocycles. The number of hydrogen-bond acceptors (Lipinski definition) is 4. The largest absolute Gasteiger partial charge is 0.327 e. The van der Waals surface area contributed by atoms with Gasteiger partial charge in [-0.3, -0.25) is 0 Å². The van der Waals surface area contributed by atoms with Crippen LogP contribution >= 0.6 is 0 Å². The van der Waals surface area contributed by atoms with Crippen LogP contribution in [0.3, 0.4) is 0 Å². The number of imidazole rings is 1. The number of H-pyrrole nitrogens is 1. The first kappa shape index (κ1) is 16.9. The molecule has 0 amide bonds. The van der Waals surface area contributed by atoms with Gasteiger partial charge in [-0.1, -0.05) is 43.3 Å². The minimum Gasteiger partial charge on any atom is -0.327 e. The molecule has 2 aromatic carbocycles. The van der Waals surface area contributed by atoms with E-state index in [0.29, 0.717) is 11.9 Å². The molecule has 2 heterocycles. The van der Waals surface area contributed by atoms with Crippen molar-refractivity contribution in [2.75, 3.05) is 0 Å².